The Morgan fingerprint density at radius 2 is 2.19 bits per heavy atom. The Labute approximate surface area is 127 Å². The van der Waals surface area contributed by atoms with Crippen LogP contribution in [0.2, 0.25) is 0 Å². The number of fused-ring (bicyclic) bond motifs is 1. The van der Waals surface area contributed by atoms with Gasteiger partial charge in [-0.05, 0) is 30.6 Å². The molecule has 0 aliphatic carbocycles. The molecule has 0 saturated carbocycles. The van der Waals surface area contributed by atoms with E-state index in [2.05, 4.69) is 0 Å². The molecule has 0 radical (unpaired) electrons. The number of carbonyl (C=O) groups is 2. The summed E-state index contributed by atoms with van der Waals surface area (Å²) in [6.07, 6.45) is 1.70. The van der Waals surface area contributed by atoms with Crippen LogP contribution in [-0.4, -0.2) is 42.5 Å². The molecule has 0 saturated heterocycles. The maximum Gasteiger partial charge on any atom is 0.260 e. The summed E-state index contributed by atoms with van der Waals surface area (Å²) < 4.78 is 5.52. The molecule has 1 aromatic rings. The van der Waals surface area contributed by atoms with E-state index >= 15 is 0 Å². The number of amides is 2. The van der Waals surface area contributed by atoms with E-state index in [1.807, 2.05) is 6.26 Å². The smallest absolute Gasteiger partial charge is 0.260 e. The first-order valence-corrected chi connectivity index (χ1v) is 8.05. The molecule has 1 heterocycles. The Bertz CT molecular complexity index is 538. The number of primary amides is 1. The first-order chi connectivity index (χ1) is 10.0. The van der Waals surface area contributed by atoms with Crippen molar-refractivity contribution in [1.82, 2.24) is 0 Å². The molecule has 4 N–H and O–H groups in total. The Kier molecular flexibility index (Phi) is 5.08. The lowest BCUT2D eigenvalue weighted by Crippen LogP contribution is -2.53. The van der Waals surface area contributed by atoms with Gasteiger partial charge in [-0.25, -0.2) is 0 Å². The number of ether oxygens (including phenoxy) is 1. The van der Waals surface area contributed by atoms with E-state index in [0.717, 1.165) is 5.75 Å². The lowest BCUT2D eigenvalue weighted by molar-refractivity contribution is -0.125. The summed E-state index contributed by atoms with van der Waals surface area (Å²) in [5, 5.41) is 0. The lowest BCUT2D eigenvalue weighted by Gasteiger charge is -2.34. The first kappa shape index (κ1) is 15.7. The number of nitrogens with two attached hydrogens (primary N) is 2. The highest BCUT2D eigenvalue weighted by Gasteiger charge is 2.34. The molecule has 2 atom stereocenters. The summed E-state index contributed by atoms with van der Waals surface area (Å²) in [5.74, 6) is 0.460. The number of benzene rings is 1. The summed E-state index contributed by atoms with van der Waals surface area (Å²) in [5.41, 5.74) is 11.9. The minimum Gasteiger partial charge on any atom is -0.477 e. The minimum atomic E-state index is -0.850. The van der Waals surface area contributed by atoms with Crippen LogP contribution in [0.5, 0.6) is 5.75 Å². The van der Waals surface area contributed by atoms with Crippen molar-refractivity contribution in [2.75, 3.05) is 23.5 Å². The number of anilines is 1. The predicted octanol–water partition coefficient (Wildman–Crippen LogP) is 0.346. The molecule has 0 aromatic heterocycles. The molecule has 1 aliphatic rings. The van der Waals surface area contributed by atoms with Crippen molar-refractivity contribution in [3.8, 4) is 5.75 Å². The molecule has 21 heavy (non-hydrogen) atoms. The third-order valence-electron chi connectivity index (χ3n) is 3.31. The van der Waals surface area contributed by atoms with Gasteiger partial charge < -0.3 is 21.1 Å². The minimum absolute atomic E-state index is 0.0954. The molecule has 2 amide bonds. The highest BCUT2D eigenvalue weighted by molar-refractivity contribution is 7.98. The van der Waals surface area contributed by atoms with Crippen molar-refractivity contribution in [3.05, 3.63) is 24.3 Å². The van der Waals surface area contributed by atoms with Gasteiger partial charge in [0.05, 0.1) is 18.3 Å². The van der Waals surface area contributed by atoms with Crippen LogP contribution in [0.3, 0.4) is 0 Å². The molecular formula is C14H19N3O3S. The molecule has 114 valence electrons. The summed E-state index contributed by atoms with van der Waals surface area (Å²) in [6, 6.07) is 6.46. The van der Waals surface area contributed by atoms with Crippen LogP contribution in [0.15, 0.2) is 24.3 Å². The Morgan fingerprint density at radius 1 is 1.48 bits per heavy atom. The molecule has 1 aromatic carbocycles. The van der Waals surface area contributed by atoms with Crippen molar-refractivity contribution in [3.63, 3.8) is 0 Å². The summed E-state index contributed by atoms with van der Waals surface area (Å²) in [7, 11) is 0. The van der Waals surface area contributed by atoms with E-state index in [1.54, 1.807) is 36.0 Å². The fraction of sp³-hybridized carbons (Fsp3) is 0.429. The first-order valence-electron chi connectivity index (χ1n) is 6.65. The number of hydrogen-bond acceptors (Lipinski definition) is 5. The fourth-order valence-electron chi connectivity index (χ4n) is 2.16. The molecule has 0 spiro atoms. The third-order valence-corrected chi connectivity index (χ3v) is 3.95. The van der Waals surface area contributed by atoms with Crippen molar-refractivity contribution < 1.29 is 14.3 Å². The van der Waals surface area contributed by atoms with E-state index in [4.69, 9.17) is 16.2 Å². The number of rotatable bonds is 5. The maximum atomic E-state index is 12.5. The van der Waals surface area contributed by atoms with E-state index in [9.17, 15) is 9.59 Å². The normalized spacial score (nSPS) is 18.6. The largest absolute Gasteiger partial charge is 0.477 e. The maximum absolute atomic E-state index is 12.5. The standard InChI is InChI=1S/C14H19N3O3S/c1-21-7-6-9(15)14(19)17-8-12(13(16)18)20-11-5-3-2-4-10(11)17/h2-5,9,12H,6-8,15H2,1H3,(H2,16,18)/t9-,12?/m0/s1. The van der Waals surface area contributed by atoms with Gasteiger partial charge in [-0.15, -0.1) is 0 Å². The van der Waals surface area contributed by atoms with Gasteiger partial charge in [-0.3, -0.25) is 9.59 Å². The summed E-state index contributed by atoms with van der Waals surface area (Å²) in [4.78, 5) is 25.4. The molecule has 7 heteroatoms. The van der Waals surface area contributed by atoms with Crippen molar-refractivity contribution in [2.45, 2.75) is 18.6 Å². The zero-order chi connectivity index (χ0) is 15.4. The molecule has 0 fully saturated rings. The van der Waals surface area contributed by atoms with Gasteiger partial charge in [0.2, 0.25) is 5.91 Å². The molecule has 2 rings (SSSR count). The van der Waals surface area contributed by atoms with Crippen LogP contribution in [0.1, 0.15) is 6.42 Å². The zero-order valence-electron chi connectivity index (χ0n) is 11.8. The average Bonchev–Trinajstić information content (AvgIpc) is 2.50. The highest BCUT2D eigenvalue weighted by Crippen LogP contribution is 2.33. The predicted molar refractivity (Wildman–Crippen MR) is 83.4 cm³/mol. The molecule has 1 unspecified atom stereocenters. The Balaban J connectivity index is 2.24. The van der Waals surface area contributed by atoms with Gasteiger partial charge >= 0.3 is 0 Å². The molecule has 0 bridgehead atoms. The van der Waals surface area contributed by atoms with Crippen LogP contribution in [0.25, 0.3) is 0 Å². The van der Waals surface area contributed by atoms with E-state index in [-0.39, 0.29) is 12.5 Å². The monoisotopic (exact) mass is 309 g/mol. The number of carbonyl (C=O) groups excluding carboxylic acids is 2. The highest BCUT2D eigenvalue weighted by atomic mass is 32.2. The third kappa shape index (κ3) is 3.48. The van der Waals surface area contributed by atoms with Gasteiger partial charge in [-0.2, -0.15) is 11.8 Å². The number of nitrogens with zero attached hydrogens (tertiary/aromatic N) is 1. The van der Waals surface area contributed by atoms with Crippen LogP contribution in [0.4, 0.5) is 5.69 Å². The van der Waals surface area contributed by atoms with Gasteiger partial charge in [0.1, 0.15) is 5.75 Å². The molecule has 6 nitrogen and oxygen atoms in total. The SMILES string of the molecule is CSCC[C@H](N)C(=O)N1CC(C(N)=O)Oc2ccccc21. The molecule has 1 aliphatic heterocycles. The second-order valence-electron chi connectivity index (χ2n) is 4.81. The molecular weight excluding hydrogens is 290 g/mol. The van der Waals surface area contributed by atoms with Crippen LogP contribution < -0.4 is 21.1 Å². The fourth-order valence-corrected chi connectivity index (χ4v) is 2.65. The zero-order valence-corrected chi connectivity index (χ0v) is 12.6. The van der Waals surface area contributed by atoms with Gasteiger partial charge in [0, 0.05) is 0 Å². The topological polar surface area (TPSA) is 98.7 Å². The summed E-state index contributed by atoms with van der Waals surface area (Å²) in [6.45, 7) is 0.0954. The number of para-hydroxylation sites is 2. The van der Waals surface area contributed by atoms with Crippen molar-refractivity contribution >= 4 is 29.3 Å². The van der Waals surface area contributed by atoms with Crippen molar-refractivity contribution in [1.29, 1.82) is 0 Å². The van der Waals surface area contributed by atoms with Gasteiger partial charge in [0.25, 0.3) is 5.91 Å². The van der Waals surface area contributed by atoms with E-state index in [1.165, 1.54) is 4.90 Å². The second-order valence-corrected chi connectivity index (χ2v) is 5.80. The van der Waals surface area contributed by atoms with E-state index < -0.39 is 18.1 Å². The quantitative estimate of drug-likeness (QED) is 0.817. The van der Waals surface area contributed by atoms with Crippen LogP contribution >= 0.6 is 11.8 Å². The average molecular weight is 309 g/mol. The summed E-state index contributed by atoms with van der Waals surface area (Å²) >= 11 is 1.64. The number of hydrogen-bond donors (Lipinski definition) is 2. The van der Waals surface area contributed by atoms with Crippen molar-refractivity contribution in [2.24, 2.45) is 11.5 Å². The Hall–Kier alpha value is -1.73. The van der Waals surface area contributed by atoms with Gasteiger partial charge in [-0.1, -0.05) is 12.1 Å². The van der Waals surface area contributed by atoms with E-state index in [0.29, 0.717) is 17.9 Å². The number of thioether (sulfide) groups is 1. The van der Waals surface area contributed by atoms with Crippen LogP contribution in [0, 0.1) is 0 Å². The second kappa shape index (κ2) is 6.82. The lowest BCUT2D eigenvalue weighted by atomic mass is 10.1. The van der Waals surface area contributed by atoms with Crippen LogP contribution in [-0.2, 0) is 9.59 Å². The van der Waals surface area contributed by atoms with Gasteiger partial charge in [0.15, 0.2) is 6.10 Å². The Morgan fingerprint density at radius 3 is 2.86 bits per heavy atom.